The highest BCUT2D eigenvalue weighted by atomic mass is 16.5. The number of allylic oxidation sites excluding steroid dienone is 1. The lowest BCUT2D eigenvalue weighted by Gasteiger charge is -2.24. The van der Waals surface area contributed by atoms with Gasteiger partial charge in [0, 0.05) is 25.2 Å². The third kappa shape index (κ3) is 3.90. The number of carbonyl (C=O) groups is 1. The Hall–Kier alpha value is -2.01. The topological polar surface area (TPSA) is 50.8 Å². The van der Waals surface area contributed by atoms with Gasteiger partial charge in [-0.2, -0.15) is 0 Å². The maximum atomic E-state index is 12.5. The molecule has 5 heteroatoms. The maximum Gasteiger partial charge on any atom is 0.260 e. The molecular formula is C19H26N2O3. The molecule has 0 aromatic heterocycles. The number of hydrogen-bond acceptors (Lipinski definition) is 4. The fraction of sp³-hybridized carbons (Fsp3) is 0.526. The van der Waals surface area contributed by atoms with Crippen molar-refractivity contribution in [1.29, 1.82) is 0 Å². The summed E-state index contributed by atoms with van der Waals surface area (Å²) >= 11 is 0. The Morgan fingerprint density at radius 3 is 2.92 bits per heavy atom. The molecule has 0 aliphatic carbocycles. The number of likely N-dealkylation sites (tertiary alicyclic amines) is 1. The quantitative estimate of drug-likeness (QED) is 0.901. The number of benzene rings is 1. The summed E-state index contributed by atoms with van der Waals surface area (Å²) in [5.74, 6) is 1.30. The van der Waals surface area contributed by atoms with Gasteiger partial charge < -0.3 is 19.7 Å². The molecule has 5 nitrogen and oxygen atoms in total. The van der Waals surface area contributed by atoms with E-state index in [1.165, 1.54) is 6.42 Å². The molecule has 1 N–H and O–H groups in total. The van der Waals surface area contributed by atoms with Crippen LogP contribution in [-0.4, -0.2) is 49.7 Å². The Balaban J connectivity index is 1.59. The molecule has 2 unspecified atom stereocenters. The summed E-state index contributed by atoms with van der Waals surface area (Å²) in [5, 5.41) is 3.59. The lowest BCUT2D eigenvalue weighted by atomic mass is 10.1. The van der Waals surface area contributed by atoms with Gasteiger partial charge in [-0.1, -0.05) is 18.2 Å². The molecule has 1 amide bonds. The van der Waals surface area contributed by atoms with E-state index in [0.29, 0.717) is 23.6 Å². The first kappa shape index (κ1) is 16.8. The first-order chi connectivity index (χ1) is 11.7. The molecule has 1 aromatic carbocycles. The molecule has 2 bridgehead atoms. The summed E-state index contributed by atoms with van der Waals surface area (Å²) in [6, 6.07) is 6.74. The molecule has 2 heterocycles. The number of nitrogens with zero attached hydrogens (tertiary/aromatic N) is 1. The molecule has 0 saturated carbocycles. The van der Waals surface area contributed by atoms with Gasteiger partial charge in [-0.15, -0.1) is 0 Å². The van der Waals surface area contributed by atoms with Crippen LogP contribution in [0, 0.1) is 0 Å². The van der Waals surface area contributed by atoms with Gasteiger partial charge in [0.25, 0.3) is 5.91 Å². The number of nitrogens with one attached hydrogen (secondary N) is 1. The second-order valence-electron chi connectivity index (χ2n) is 6.47. The first-order valence-corrected chi connectivity index (χ1v) is 8.67. The average Bonchev–Trinajstić information content (AvgIpc) is 2.92. The minimum Gasteiger partial charge on any atom is -0.493 e. The Labute approximate surface area is 143 Å². The summed E-state index contributed by atoms with van der Waals surface area (Å²) in [5.41, 5.74) is 1.04. The number of amides is 1. The van der Waals surface area contributed by atoms with E-state index in [4.69, 9.17) is 9.47 Å². The SMILES string of the molecule is C/C=C/c1ccc(OCC(=O)N2CCC3CCC(C2)N3)c(OC)c1. The lowest BCUT2D eigenvalue weighted by Crippen LogP contribution is -2.41. The molecule has 2 atom stereocenters. The Morgan fingerprint density at radius 1 is 1.29 bits per heavy atom. The van der Waals surface area contributed by atoms with Crippen LogP contribution >= 0.6 is 0 Å². The number of ether oxygens (including phenoxy) is 2. The molecule has 0 spiro atoms. The van der Waals surface area contributed by atoms with Crippen molar-refractivity contribution >= 4 is 12.0 Å². The monoisotopic (exact) mass is 330 g/mol. The normalized spacial score (nSPS) is 23.3. The van der Waals surface area contributed by atoms with Gasteiger partial charge in [0.15, 0.2) is 18.1 Å². The smallest absolute Gasteiger partial charge is 0.260 e. The number of methoxy groups -OCH3 is 1. The molecule has 2 fully saturated rings. The van der Waals surface area contributed by atoms with Crippen LogP contribution in [-0.2, 0) is 4.79 Å². The largest absolute Gasteiger partial charge is 0.493 e. The highest BCUT2D eigenvalue weighted by molar-refractivity contribution is 5.78. The van der Waals surface area contributed by atoms with E-state index in [1.807, 2.05) is 42.2 Å². The number of hydrogen-bond donors (Lipinski definition) is 1. The van der Waals surface area contributed by atoms with Crippen LogP contribution in [0.5, 0.6) is 11.5 Å². The fourth-order valence-corrected chi connectivity index (χ4v) is 3.50. The Kier molecular flexibility index (Phi) is 5.41. The molecule has 2 aliphatic heterocycles. The van der Waals surface area contributed by atoms with Crippen LogP contribution < -0.4 is 14.8 Å². The van der Waals surface area contributed by atoms with E-state index in [9.17, 15) is 4.79 Å². The minimum absolute atomic E-state index is 0.0453. The van der Waals surface area contributed by atoms with Crippen LogP contribution in [0.2, 0.25) is 0 Å². The van der Waals surface area contributed by atoms with Crippen molar-refractivity contribution in [2.24, 2.45) is 0 Å². The number of fused-ring (bicyclic) bond motifs is 2. The maximum absolute atomic E-state index is 12.5. The van der Waals surface area contributed by atoms with Crippen molar-refractivity contribution in [2.75, 3.05) is 26.8 Å². The van der Waals surface area contributed by atoms with E-state index < -0.39 is 0 Å². The van der Waals surface area contributed by atoms with Crippen LogP contribution in [0.1, 0.15) is 31.7 Å². The van der Waals surface area contributed by atoms with Crippen molar-refractivity contribution in [2.45, 2.75) is 38.3 Å². The van der Waals surface area contributed by atoms with Crippen LogP contribution in [0.3, 0.4) is 0 Å². The van der Waals surface area contributed by atoms with Gasteiger partial charge >= 0.3 is 0 Å². The van der Waals surface area contributed by atoms with Gasteiger partial charge in [0.2, 0.25) is 0 Å². The van der Waals surface area contributed by atoms with Crippen molar-refractivity contribution in [3.63, 3.8) is 0 Å². The van der Waals surface area contributed by atoms with Gasteiger partial charge in [0.1, 0.15) is 0 Å². The summed E-state index contributed by atoms with van der Waals surface area (Å²) in [6.45, 7) is 3.62. The predicted octanol–water partition coefficient (Wildman–Crippen LogP) is 2.46. The van der Waals surface area contributed by atoms with Crippen molar-refractivity contribution in [3.05, 3.63) is 29.8 Å². The van der Waals surface area contributed by atoms with Crippen LogP contribution in [0.25, 0.3) is 6.08 Å². The zero-order valence-corrected chi connectivity index (χ0v) is 14.5. The Bertz CT molecular complexity index is 615. The highest BCUT2D eigenvalue weighted by Crippen LogP contribution is 2.29. The number of rotatable bonds is 5. The van der Waals surface area contributed by atoms with Gasteiger partial charge in [-0.25, -0.2) is 0 Å². The van der Waals surface area contributed by atoms with Crippen molar-refractivity contribution in [3.8, 4) is 11.5 Å². The fourth-order valence-electron chi connectivity index (χ4n) is 3.50. The minimum atomic E-state index is 0.0453. The predicted molar refractivity (Wildman–Crippen MR) is 94.3 cm³/mol. The summed E-state index contributed by atoms with van der Waals surface area (Å²) in [6.07, 6.45) is 7.40. The third-order valence-corrected chi connectivity index (χ3v) is 4.77. The second kappa shape index (κ2) is 7.71. The van der Waals surface area contributed by atoms with E-state index >= 15 is 0 Å². The summed E-state index contributed by atoms with van der Waals surface area (Å²) in [4.78, 5) is 14.4. The Morgan fingerprint density at radius 2 is 2.12 bits per heavy atom. The first-order valence-electron chi connectivity index (χ1n) is 8.67. The van der Waals surface area contributed by atoms with E-state index in [0.717, 1.165) is 31.5 Å². The van der Waals surface area contributed by atoms with Crippen molar-refractivity contribution in [1.82, 2.24) is 10.2 Å². The van der Waals surface area contributed by atoms with Crippen molar-refractivity contribution < 1.29 is 14.3 Å². The van der Waals surface area contributed by atoms with Gasteiger partial charge in [0.05, 0.1) is 7.11 Å². The molecule has 3 rings (SSSR count). The molecule has 1 aromatic rings. The van der Waals surface area contributed by atoms with Crippen LogP contribution in [0.15, 0.2) is 24.3 Å². The summed E-state index contributed by atoms with van der Waals surface area (Å²) < 4.78 is 11.1. The average molecular weight is 330 g/mol. The third-order valence-electron chi connectivity index (χ3n) is 4.77. The zero-order chi connectivity index (χ0) is 16.9. The zero-order valence-electron chi connectivity index (χ0n) is 14.5. The second-order valence-corrected chi connectivity index (χ2v) is 6.47. The van der Waals surface area contributed by atoms with E-state index in [2.05, 4.69) is 5.32 Å². The van der Waals surface area contributed by atoms with E-state index in [1.54, 1.807) is 7.11 Å². The standard InChI is InChI=1S/C19H26N2O3/c1-3-4-14-5-8-17(18(11-14)23-2)24-13-19(22)21-10-9-15-6-7-16(12-21)20-15/h3-5,8,11,15-16,20H,6-7,9-10,12-13H2,1-2H3/b4-3+. The van der Waals surface area contributed by atoms with Gasteiger partial charge in [-0.05, 0) is 43.9 Å². The highest BCUT2D eigenvalue weighted by Gasteiger charge is 2.31. The molecule has 130 valence electrons. The molecule has 2 aliphatic rings. The molecular weight excluding hydrogens is 304 g/mol. The molecule has 24 heavy (non-hydrogen) atoms. The van der Waals surface area contributed by atoms with Gasteiger partial charge in [-0.3, -0.25) is 4.79 Å². The van der Waals surface area contributed by atoms with E-state index in [-0.39, 0.29) is 12.5 Å². The molecule has 2 saturated heterocycles. The number of carbonyl (C=O) groups excluding carboxylic acids is 1. The molecule has 0 radical (unpaired) electrons. The lowest BCUT2D eigenvalue weighted by molar-refractivity contribution is -0.133. The van der Waals surface area contributed by atoms with Crippen LogP contribution in [0.4, 0.5) is 0 Å². The summed E-state index contributed by atoms with van der Waals surface area (Å²) in [7, 11) is 1.61.